The normalized spacial score (nSPS) is 12.7. The van der Waals surface area contributed by atoms with Crippen LogP contribution in [0.1, 0.15) is 53.4 Å². The van der Waals surface area contributed by atoms with Gasteiger partial charge in [-0.25, -0.2) is 0 Å². The molecule has 0 aromatic heterocycles. The van der Waals surface area contributed by atoms with Gasteiger partial charge < -0.3 is 0 Å². The summed E-state index contributed by atoms with van der Waals surface area (Å²) in [4.78, 5) is 0. The molecule has 0 aliphatic carbocycles. The average Bonchev–Trinajstić information content (AvgIpc) is 2.28. The molecule has 0 rings (SSSR count). The molecule has 0 amide bonds. The summed E-state index contributed by atoms with van der Waals surface area (Å²) in [7, 11) is 0. The zero-order valence-electron chi connectivity index (χ0n) is 11.8. The van der Waals surface area contributed by atoms with Crippen LogP contribution in [0, 0.1) is 0 Å². The molecule has 0 saturated heterocycles. The predicted molar refractivity (Wildman–Crippen MR) is 87.9 cm³/mol. The Kier molecular flexibility index (Phi) is 10.6. The lowest BCUT2D eigenvalue weighted by Crippen LogP contribution is -2.58. The zero-order chi connectivity index (χ0) is 13.3. The van der Waals surface area contributed by atoms with Crippen LogP contribution in [0.2, 0.25) is 0 Å². The summed E-state index contributed by atoms with van der Waals surface area (Å²) in [6, 6.07) is 0. The summed E-state index contributed by atoms with van der Waals surface area (Å²) in [6.45, 7) is 13.8. The molecule has 0 bridgehead atoms. The van der Waals surface area contributed by atoms with Crippen LogP contribution in [0.15, 0.2) is 0 Å². The van der Waals surface area contributed by atoms with Gasteiger partial charge in [-0.15, -0.1) is 0 Å². The summed E-state index contributed by atoms with van der Waals surface area (Å²) in [5, 5.41) is 0. The highest BCUT2D eigenvalue weighted by Crippen LogP contribution is 2.30. The summed E-state index contributed by atoms with van der Waals surface area (Å²) < 4.78 is 5.25. The van der Waals surface area contributed by atoms with Gasteiger partial charge in [-0.2, -0.15) is 0 Å². The molecule has 0 spiro atoms. The van der Waals surface area contributed by atoms with Crippen molar-refractivity contribution in [2.45, 2.75) is 53.4 Å². The molecular weight excluding hydrogens is 360 g/mol. The molecule has 0 unspecified atom stereocenters. The molecule has 2 nitrogen and oxygen atoms in total. The Hall–Kier alpha value is 1.10. The van der Waals surface area contributed by atoms with Crippen molar-refractivity contribution < 1.29 is 0 Å². The fourth-order valence-electron chi connectivity index (χ4n) is 2.04. The summed E-state index contributed by atoms with van der Waals surface area (Å²) >= 11 is 8.05. The number of hydrogen-bond donors (Lipinski definition) is 0. The second kappa shape index (κ2) is 9.95. The van der Waals surface area contributed by atoms with E-state index < -0.39 is 5.64 Å². The third kappa shape index (κ3) is 6.19. The maximum atomic E-state index is 4.03. The second-order valence-corrected chi connectivity index (χ2v) is 16.6. The smallest absolute Gasteiger partial charge is 0.295 e. The number of hydrogen-bond acceptors (Lipinski definition) is 2. The Bertz CT molecular complexity index is 161. The first-order valence-electron chi connectivity index (χ1n) is 6.92. The van der Waals surface area contributed by atoms with Crippen LogP contribution in [0.4, 0.5) is 0 Å². The van der Waals surface area contributed by atoms with E-state index in [1.807, 2.05) is 0 Å². The van der Waals surface area contributed by atoms with Gasteiger partial charge in [0.15, 0.2) is 0 Å². The Morgan fingerprint density at radius 3 is 1.06 bits per heavy atom. The first kappa shape index (κ1) is 18.1. The van der Waals surface area contributed by atoms with Crippen molar-refractivity contribution in [3.8, 4) is 0 Å². The SMILES string of the molecule is CCCN(CCC)[Si](Br)(Br)N(CCC)CCC. The van der Waals surface area contributed by atoms with Crippen molar-refractivity contribution >= 4 is 36.2 Å². The van der Waals surface area contributed by atoms with E-state index in [4.69, 9.17) is 0 Å². The standard InChI is InChI=1S/C12H28Br2N2Si/c1-5-9-15(10-6-2)17(13,14)16(11-7-3)12-8-4/h5-12H2,1-4H3. The lowest BCUT2D eigenvalue weighted by Gasteiger charge is -2.41. The van der Waals surface area contributed by atoms with Crippen molar-refractivity contribution in [3.63, 3.8) is 0 Å². The van der Waals surface area contributed by atoms with Crippen LogP contribution >= 0.6 is 30.6 Å². The molecule has 0 aliphatic heterocycles. The van der Waals surface area contributed by atoms with Crippen LogP contribution in [0.25, 0.3) is 0 Å². The fourth-order valence-corrected chi connectivity index (χ4v) is 8.67. The fraction of sp³-hybridized carbons (Fsp3) is 1.00. The minimum Gasteiger partial charge on any atom is -0.295 e. The van der Waals surface area contributed by atoms with Crippen molar-refractivity contribution in [3.05, 3.63) is 0 Å². The van der Waals surface area contributed by atoms with Crippen LogP contribution in [0.3, 0.4) is 0 Å². The van der Waals surface area contributed by atoms with Gasteiger partial charge in [-0.1, -0.05) is 58.3 Å². The molecule has 0 atom stereocenters. The second-order valence-electron chi connectivity index (χ2n) is 4.48. The molecule has 104 valence electrons. The third-order valence-electron chi connectivity index (χ3n) is 2.74. The Morgan fingerprint density at radius 2 is 0.882 bits per heavy atom. The van der Waals surface area contributed by atoms with Crippen LogP contribution < -0.4 is 0 Å². The van der Waals surface area contributed by atoms with E-state index in [1.54, 1.807) is 0 Å². The quantitative estimate of drug-likeness (QED) is 0.403. The van der Waals surface area contributed by atoms with Gasteiger partial charge >= 0.3 is 5.64 Å². The van der Waals surface area contributed by atoms with E-state index in [2.05, 4.69) is 67.4 Å². The largest absolute Gasteiger partial charge is 0.354 e. The molecule has 17 heavy (non-hydrogen) atoms. The van der Waals surface area contributed by atoms with Gasteiger partial charge in [0.25, 0.3) is 0 Å². The molecule has 0 heterocycles. The lowest BCUT2D eigenvalue weighted by atomic mass is 10.4. The van der Waals surface area contributed by atoms with E-state index in [1.165, 1.54) is 51.9 Å². The molecule has 0 fully saturated rings. The van der Waals surface area contributed by atoms with E-state index in [-0.39, 0.29) is 0 Å². The van der Waals surface area contributed by atoms with Gasteiger partial charge in [-0.05, 0) is 51.9 Å². The van der Waals surface area contributed by atoms with Gasteiger partial charge in [0.05, 0.1) is 0 Å². The Balaban J connectivity index is 4.71. The van der Waals surface area contributed by atoms with Crippen molar-refractivity contribution in [2.24, 2.45) is 0 Å². The van der Waals surface area contributed by atoms with Crippen LogP contribution in [-0.2, 0) is 0 Å². The summed E-state index contributed by atoms with van der Waals surface area (Å²) in [5.41, 5.74) is -1.75. The third-order valence-corrected chi connectivity index (χ3v) is 11.2. The van der Waals surface area contributed by atoms with Crippen LogP contribution in [-0.4, -0.2) is 40.9 Å². The maximum Gasteiger partial charge on any atom is 0.354 e. The van der Waals surface area contributed by atoms with E-state index in [9.17, 15) is 0 Å². The lowest BCUT2D eigenvalue weighted by molar-refractivity contribution is 0.350. The van der Waals surface area contributed by atoms with Crippen molar-refractivity contribution in [1.29, 1.82) is 0 Å². The number of halogens is 2. The van der Waals surface area contributed by atoms with Crippen molar-refractivity contribution in [2.75, 3.05) is 26.2 Å². The number of rotatable bonds is 10. The Labute approximate surface area is 124 Å². The average molecular weight is 388 g/mol. The van der Waals surface area contributed by atoms with Crippen LogP contribution in [0.5, 0.6) is 0 Å². The minimum absolute atomic E-state index is 1.18. The molecule has 5 heteroatoms. The van der Waals surface area contributed by atoms with Gasteiger partial charge in [-0.3, -0.25) is 9.13 Å². The molecule has 0 N–H and O–H groups in total. The molecule has 0 radical (unpaired) electrons. The van der Waals surface area contributed by atoms with Gasteiger partial charge in [0.1, 0.15) is 0 Å². The molecule has 0 saturated carbocycles. The highest BCUT2D eigenvalue weighted by Gasteiger charge is 2.40. The van der Waals surface area contributed by atoms with Gasteiger partial charge in [0.2, 0.25) is 0 Å². The maximum absolute atomic E-state index is 4.03. The molecule has 0 aliphatic rings. The van der Waals surface area contributed by atoms with E-state index >= 15 is 0 Å². The van der Waals surface area contributed by atoms with E-state index in [0.717, 1.165) is 0 Å². The first-order valence-corrected chi connectivity index (χ1v) is 13.3. The van der Waals surface area contributed by atoms with Crippen molar-refractivity contribution in [1.82, 2.24) is 9.13 Å². The summed E-state index contributed by atoms with van der Waals surface area (Å²) in [5.74, 6) is 0. The minimum atomic E-state index is -1.75. The topological polar surface area (TPSA) is 6.48 Å². The monoisotopic (exact) mass is 386 g/mol. The number of nitrogens with zero attached hydrogens (tertiary/aromatic N) is 2. The molecule has 0 aromatic carbocycles. The molecule has 0 aromatic rings. The van der Waals surface area contributed by atoms with Gasteiger partial charge in [0, 0.05) is 0 Å². The zero-order valence-corrected chi connectivity index (χ0v) is 16.0. The van der Waals surface area contributed by atoms with E-state index in [0.29, 0.717) is 0 Å². The highest BCUT2D eigenvalue weighted by atomic mass is 79.9. The predicted octanol–water partition coefficient (Wildman–Crippen LogP) is 4.46. The highest BCUT2D eigenvalue weighted by molar-refractivity contribution is 9.50. The molecular formula is C12H28Br2N2Si. The summed E-state index contributed by atoms with van der Waals surface area (Å²) in [6.07, 6.45) is 4.88. The Morgan fingerprint density at radius 1 is 0.647 bits per heavy atom. The first-order chi connectivity index (χ1) is 8.04.